The number of aromatic nitrogens is 2. The van der Waals surface area contributed by atoms with Crippen molar-refractivity contribution in [1.29, 1.82) is 0 Å². The van der Waals surface area contributed by atoms with Crippen molar-refractivity contribution in [2.45, 2.75) is 0 Å². The second kappa shape index (κ2) is 19.5. The lowest BCUT2D eigenvalue weighted by Crippen LogP contribution is -2.72. The van der Waals surface area contributed by atoms with E-state index in [4.69, 9.17) is 18.8 Å². The third-order valence-corrected chi connectivity index (χ3v) is 22.1. The highest BCUT2D eigenvalue weighted by atomic mass is 28.3. The van der Waals surface area contributed by atoms with E-state index in [2.05, 4.69) is 277 Å². The molecule has 3 heterocycles. The quantitative estimate of drug-likeness (QED) is 0.100. The van der Waals surface area contributed by atoms with E-state index in [1.807, 2.05) is 36.4 Å². The fraction of sp³-hybridized carbons (Fsp3) is 0. The van der Waals surface area contributed by atoms with Crippen molar-refractivity contribution in [1.82, 2.24) is 9.97 Å². The molecule has 398 valence electrons. The molecule has 0 N–H and O–H groups in total. The van der Waals surface area contributed by atoms with Crippen molar-refractivity contribution in [2.75, 3.05) is 9.80 Å². The molecular formula is C78H50N4O2Si. The Labute approximate surface area is 491 Å². The second-order valence-electron chi connectivity index (χ2n) is 21.9. The molecule has 2 aromatic heterocycles. The fourth-order valence-electron chi connectivity index (χ4n) is 13.7. The van der Waals surface area contributed by atoms with Crippen LogP contribution in [0.4, 0.5) is 34.1 Å². The summed E-state index contributed by atoms with van der Waals surface area (Å²) >= 11 is 0. The first kappa shape index (κ1) is 48.6. The van der Waals surface area contributed by atoms with E-state index in [0.29, 0.717) is 22.9 Å². The summed E-state index contributed by atoms with van der Waals surface area (Å²) < 4.78 is 15.2. The molecule has 0 aliphatic carbocycles. The van der Waals surface area contributed by atoms with Gasteiger partial charge < -0.3 is 18.6 Å². The Morgan fingerprint density at radius 1 is 0.282 bits per heavy atom. The molecule has 0 bridgehead atoms. The standard InChI is InChI=1S/C78H50N4O2Si/c1-7-27-51(28-8-1)77-79-73-67(81(55-33-11-3-12-34-55)65-47-53-31-19-21-41-59(53)61-43-23-25-45-63(61)65)49-69-71(75(73)83-77)72-70(85(69,57-37-15-5-16-38-57)58-39-17-6-18-40-58)50-68(74-76(72)84-78(80-74)52-29-9-2-10-30-52)82(56-35-13-4-14-36-56)66-48-54-32-20-22-42-60(54)62-44-24-26-46-64(62)66/h1-50H. The van der Waals surface area contributed by atoms with Gasteiger partial charge in [0, 0.05) is 44.4 Å². The van der Waals surface area contributed by atoms with Gasteiger partial charge in [-0.1, -0.05) is 231 Å². The molecule has 16 aromatic rings. The molecule has 1 aliphatic heterocycles. The van der Waals surface area contributed by atoms with Crippen LogP contribution in [0.5, 0.6) is 0 Å². The number of fused-ring (bicyclic) bond motifs is 13. The number of hydrogen-bond acceptors (Lipinski definition) is 6. The lowest BCUT2D eigenvalue weighted by Gasteiger charge is -2.34. The zero-order chi connectivity index (χ0) is 56.0. The summed E-state index contributed by atoms with van der Waals surface area (Å²) in [5.74, 6) is 1.05. The fourth-order valence-corrected chi connectivity index (χ4v) is 18.9. The van der Waals surface area contributed by atoms with Crippen LogP contribution in [0, 0.1) is 0 Å². The lowest BCUT2D eigenvalue weighted by molar-refractivity contribution is 0.617. The molecule has 0 saturated heterocycles. The van der Waals surface area contributed by atoms with Crippen LogP contribution >= 0.6 is 0 Å². The monoisotopic (exact) mass is 1100 g/mol. The van der Waals surface area contributed by atoms with E-state index >= 15 is 0 Å². The third kappa shape index (κ3) is 7.50. The van der Waals surface area contributed by atoms with E-state index in [1.165, 1.54) is 31.9 Å². The number of anilines is 6. The van der Waals surface area contributed by atoms with Crippen molar-refractivity contribution in [3.8, 4) is 34.0 Å². The van der Waals surface area contributed by atoms with E-state index in [1.54, 1.807) is 0 Å². The maximum Gasteiger partial charge on any atom is 0.227 e. The van der Waals surface area contributed by atoms with Crippen molar-refractivity contribution in [3.05, 3.63) is 303 Å². The average Bonchev–Trinajstić information content (AvgIpc) is 2.51. The summed E-state index contributed by atoms with van der Waals surface area (Å²) in [4.78, 5) is 16.3. The minimum Gasteiger partial charge on any atom is -0.435 e. The van der Waals surface area contributed by atoms with Crippen molar-refractivity contribution in [2.24, 2.45) is 0 Å². The maximum atomic E-state index is 7.60. The minimum absolute atomic E-state index is 0.524. The Balaban J connectivity index is 1.08. The first-order valence-corrected chi connectivity index (χ1v) is 30.9. The lowest BCUT2D eigenvalue weighted by atomic mass is 9.97. The highest BCUT2D eigenvalue weighted by molar-refractivity contribution is 7.22. The van der Waals surface area contributed by atoms with Crippen LogP contribution in [-0.2, 0) is 0 Å². The summed E-state index contributed by atoms with van der Waals surface area (Å²) in [6, 6.07) is 109. The van der Waals surface area contributed by atoms with Gasteiger partial charge in [-0.3, -0.25) is 0 Å². The van der Waals surface area contributed by atoms with E-state index in [9.17, 15) is 0 Å². The summed E-state index contributed by atoms with van der Waals surface area (Å²) in [6.45, 7) is 0. The van der Waals surface area contributed by atoms with Gasteiger partial charge in [-0.05, 0) is 126 Å². The SMILES string of the molecule is c1ccc(-c2nc3c(N(c4ccccc4)c4cc5ccccc5c5ccccc45)cc4c(c3o2)-c2c(cc(N(c3ccccc3)c3cc5ccccc5c5ccccc35)c3nc(-c5ccccc5)oc23)[Si]4(c2ccccc2)c2ccccc2)cc1. The molecule has 17 rings (SSSR count). The number of benzene rings is 14. The zero-order valence-electron chi connectivity index (χ0n) is 46.0. The topological polar surface area (TPSA) is 58.5 Å². The van der Waals surface area contributed by atoms with Gasteiger partial charge in [0.2, 0.25) is 11.8 Å². The molecule has 14 aromatic carbocycles. The number of para-hydroxylation sites is 2. The molecule has 0 radical (unpaired) electrons. The largest absolute Gasteiger partial charge is 0.435 e. The molecular weight excluding hydrogens is 1050 g/mol. The predicted octanol–water partition coefficient (Wildman–Crippen LogP) is 18.2. The molecule has 0 fully saturated rings. The summed E-state index contributed by atoms with van der Waals surface area (Å²) in [7, 11) is -3.58. The summed E-state index contributed by atoms with van der Waals surface area (Å²) in [5, 5.41) is 14.0. The molecule has 0 amide bonds. The van der Waals surface area contributed by atoms with Gasteiger partial charge in [0.25, 0.3) is 0 Å². The highest BCUT2D eigenvalue weighted by Gasteiger charge is 2.53. The van der Waals surface area contributed by atoms with Gasteiger partial charge in [0.15, 0.2) is 19.2 Å². The number of nitrogens with zero attached hydrogens (tertiary/aromatic N) is 4. The van der Waals surface area contributed by atoms with Crippen molar-refractivity contribution < 1.29 is 8.83 Å². The molecule has 1 aliphatic rings. The molecule has 0 atom stereocenters. The van der Waals surface area contributed by atoms with Gasteiger partial charge in [0.1, 0.15) is 11.0 Å². The zero-order valence-corrected chi connectivity index (χ0v) is 47.0. The van der Waals surface area contributed by atoms with Crippen LogP contribution in [0.2, 0.25) is 0 Å². The predicted molar refractivity (Wildman–Crippen MR) is 354 cm³/mol. The van der Waals surface area contributed by atoms with E-state index < -0.39 is 8.07 Å². The van der Waals surface area contributed by atoms with E-state index in [0.717, 1.165) is 99.3 Å². The molecule has 0 saturated carbocycles. The van der Waals surface area contributed by atoms with Gasteiger partial charge in [-0.15, -0.1) is 0 Å². The first-order chi connectivity index (χ1) is 42.2. The van der Waals surface area contributed by atoms with Crippen LogP contribution in [0.25, 0.3) is 99.3 Å². The third-order valence-electron chi connectivity index (χ3n) is 17.3. The average molecular weight is 1100 g/mol. The van der Waals surface area contributed by atoms with Gasteiger partial charge in [0.05, 0.1) is 22.7 Å². The Bertz CT molecular complexity index is 4920. The van der Waals surface area contributed by atoms with Gasteiger partial charge >= 0.3 is 0 Å². The minimum atomic E-state index is -3.58. The van der Waals surface area contributed by atoms with Crippen molar-refractivity contribution >= 4 is 128 Å². The van der Waals surface area contributed by atoms with Gasteiger partial charge in [-0.2, -0.15) is 0 Å². The smallest absolute Gasteiger partial charge is 0.227 e. The van der Waals surface area contributed by atoms with Crippen LogP contribution in [0.15, 0.2) is 312 Å². The Kier molecular flexibility index (Phi) is 11.2. The summed E-state index contributed by atoms with van der Waals surface area (Å²) in [5.41, 5.74) is 12.3. The number of hydrogen-bond donors (Lipinski definition) is 0. The van der Waals surface area contributed by atoms with Crippen molar-refractivity contribution in [3.63, 3.8) is 0 Å². The van der Waals surface area contributed by atoms with Crippen LogP contribution in [-0.4, -0.2) is 18.0 Å². The van der Waals surface area contributed by atoms with Crippen LogP contribution in [0.3, 0.4) is 0 Å². The highest BCUT2D eigenvalue weighted by Crippen LogP contribution is 2.52. The van der Waals surface area contributed by atoms with E-state index in [-0.39, 0.29) is 0 Å². The summed E-state index contributed by atoms with van der Waals surface area (Å²) in [6.07, 6.45) is 0. The van der Waals surface area contributed by atoms with Gasteiger partial charge in [-0.25, -0.2) is 9.97 Å². The molecule has 85 heavy (non-hydrogen) atoms. The molecule has 0 unspecified atom stereocenters. The first-order valence-electron chi connectivity index (χ1n) is 28.9. The Morgan fingerprint density at radius 2 is 0.600 bits per heavy atom. The Morgan fingerprint density at radius 3 is 0.988 bits per heavy atom. The molecule has 0 spiro atoms. The van der Waals surface area contributed by atoms with Crippen LogP contribution < -0.4 is 30.5 Å². The number of oxazole rings is 2. The Hall–Kier alpha value is -11.1. The van der Waals surface area contributed by atoms with Crippen LogP contribution in [0.1, 0.15) is 0 Å². The maximum absolute atomic E-state index is 7.60. The molecule has 7 heteroatoms. The molecule has 6 nitrogen and oxygen atoms in total. The normalized spacial score (nSPS) is 12.6. The number of rotatable bonds is 10. The second-order valence-corrected chi connectivity index (χ2v) is 25.6.